The molecule has 0 saturated heterocycles. The monoisotopic (exact) mass is 270 g/mol. The van der Waals surface area contributed by atoms with Crippen LogP contribution in [-0.2, 0) is 26.2 Å². The number of phenols is 1. The topological polar surface area (TPSA) is 20.2 Å². The summed E-state index contributed by atoms with van der Waals surface area (Å²) in [5.74, 6) is 0.350. The van der Waals surface area contributed by atoms with Crippen LogP contribution in [0.3, 0.4) is 0 Å². The van der Waals surface area contributed by atoms with Gasteiger partial charge >= 0.3 is 0 Å². The van der Waals surface area contributed by atoms with Crippen molar-refractivity contribution in [3.8, 4) is 5.75 Å². The van der Waals surface area contributed by atoms with Crippen molar-refractivity contribution in [1.29, 1.82) is 0 Å². The van der Waals surface area contributed by atoms with Crippen LogP contribution in [0.15, 0.2) is 42.5 Å². The van der Waals surface area contributed by atoms with E-state index in [4.69, 9.17) is 0 Å². The summed E-state index contributed by atoms with van der Waals surface area (Å²) in [5.41, 5.74) is 0. The molecule has 0 aliphatic heterocycles. The van der Waals surface area contributed by atoms with Crippen LogP contribution >= 0.6 is 12.4 Å². The third kappa shape index (κ3) is 2.56. The van der Waals surface area contributed by atoms with Crippen molar-refractivity contribution in [2.75, 3.05) is 0 Å². The van der Waals surface area contributed by atoms with Gasteiger partial charge in [-0.3, -0.25) is 0 Å². The van der Waals surface area contributed by atoms with Gasteiger partial charge < -0.3 is 5.11 Å². The first-order chi connectivity index (χ1) is 5.38. The number of phenolic OH excluding ortho intramolecular Hbond substituents is 1. The van der Waals surface area contributed by atoms with E-state index in [9.17, 15) is 5.11 Å². The molecule has 0 saturated carbocycles. The van der Waals surface area contributed by atoms with Crippen molar-refractivity contribution >= 4 is 23.2 Å². The van der Waals surface area contributed by atoms with Gasteiger partial charge in [-0.25, -0.2) is 0 Å². The Hall–Kier alpha value is -0.327. The third-order valence-electron chi connectivity index (χ3n) is 1.77. The molecule has 0 unspecified atom stereocenters. The van der Waals surface area contributed by atoms with E-state index in [-0.39, 0.29) is 38.6 Å². The molecule has 2 aromatic rings. The molecule has 13 heavy (non-hydrogen) atoms. The van der Waals surface area contributed by atoms with Crippen molar-refractivity contribution in [2.45, 2.75) is 0 Å². The van der Waals surface area contributed by atoms with E-state index in [1.165, 1.54) is 0 Å². The average molecular weight is 272 g/mol. The van der Waals surface area contributed by atoms with Crippen molar-refractivity contribution < 1.29 is 31.3 Å². The molecule has 0 aliphatic rings. The summed E-state index contributed by atoms with van der Waals surface area (Å²) in [6.45, 7) is 0. The van der Waals surface area contributed by atoms with E-state index in [0.717, 1.165) is 10.8 Å². The van der Waals surface area contributed by atoms with Crippen LogP contribution in [0.25, 0.3) is 10.8 Å². The Labute approximate surface area is 102 Å². The van der Waals surface area contributed by atoms with E-state index in [0.29, 0.717) is 5.75 Å². The Morgan fingerprint density at radius 1 is 0.846 bits per heavy atom. The average Bonchev–Trinajstić information content (AvgIpc) is 2.06. The van der Waals surface area contributed by atoms with Crippen LogP contribution in [-0.4, -0.2) is 5.11 Å². The number of aromatic hydroxyl groups is 1. The van der Waals surface area contributed by atoms with Crippen molar-refractivity contribution in [2.24, 2.45) is 0 Å². The molecule has 2 aromatic carbocycles. The molecular weight excluding hydrogens is 263 g/mol. The number of rotatable bonds is 0. The fourth-order valence-electron chi connectivity index (χ4n) is 1.21. The molecule has 0 amide bonds. The van der Waals surface area contributed by atoms with Crippen LogP contribution in [0, 0.1) is 0 Å². The van der Waals surface area contributed by atoms with Gasteiger partial charge in [0, 0.05) is 31.6 Å². The van der Waals surface area contributed by atoms with Gasteiger partial charge in [-0.2, -0.15) is 0 Å². The van der Waals surface area contributed by atoms with Gasteiger partial charge in [-0.1, -0.05) is 36.4 Å². The normalized spacial score (nSPS) is 8.62. The fourth-order valence-corrected chi connectivity index (χ4v) is 1.21. The number of benzene rings is 2. The first kappa shape index (κ1) is 12.7. The van der Waals surface area contributed by atoms with E-state index in [2.05, 4.69) is 0 Å². The molecule has 0 aromatic heterocycles. The largest absolute Gasteiger partial charge is 0.507 e. The molecule has 0 radical (unpaired) electrons. The van der Waals surface area contributed by atoms with Gasteiger partial charge in [0.1, 0.15) is 5.75 Å². The van der Waals surface area contributed by atoms with Crippen molar-refractivity contribution in [1.82, 2.24) is 0 Å². The minimum absolute atomic E-state index is 0. The summed E-state index contributed by atoms with van der Waals surface area (Å²) in [6, 6.07) is 13.3. The van der Waals surface area contributed by atoms with Gasteiger partial charge in [0.25, 0.3) is 0 Å². The molecule has 0 aliphatic carbocycles. The summed E-state index contributed by atoms with van der Waals surface area (Å²) in [4.78, 5) is 0. The maximum absolute atomic E-state index is 9.37. The predicted octanol–water partition coefficient (Wildman–Crippen LogP) is 2.96. The smallest absolute Gasteiger partial charge is 0.123 e. The summed E-state index contributed by atoms with van der Waals surface area (Å²) in [7, 11) is 0. The molecule has 3 heteroatoms. The standard InChI is InChI=1S/C10H8O.ClH.Zr/c11-10-7-3-5-8-4-1-2-6-9(8)10;;/h1-7,11H;1H;. The van der Waals surface area contributed by atoms with Gasteiger partial charge in [-0.15, -0.1) is 12.4 Å². The maximum atomic E-state index is 9.37. The number of hydrogen-bond acceptors (Lipinski definition) is 1. The van der Waals surface area contributed by atoms with E-state index in [1.807, 2.05) is 36.4 Å². The zero-order valence-corrected chi connectivity index (χ0v) is 10.2. The molecule has 0 heterocycles. The second-order valence-corrected chi connectivity index (χ2v) is 2.50. The molecule has 0 bridgehead atoms. The molecule has 0 atom stereocenters. The summed E-state index contributed by atoms with van der Waals surface area (Å²) < 4.78 is 0. The van der Waals surface area contributed by atoms with Crippen LogP contribution in [0.1, 0.15) is 0 Å². The molecule has 66 valence electrons. The Bertz CT molecular complexity index is 384. The van der Waals surface area contributed by atoms with Crippen LogP contribution in [0.5, 0.6) is 5.75 Å². The van der Waals surface area contributed by atoms with Crippen LogP contribution < -0.4 is 0 Å². The number of fused-ring (bicyclic) bond motifs is 1. The molecule has 2 rings (SSSR count). The van der Waals surface area contributed by atoms with E-state index >= 15 is 0 Å². The summed E-state index contributed by atoms with van der Waals surface area (Å²) in [6.07, 6.45) is 0. The Balaban J connectivity index is 0.000000720. The first-order valence-corrected chi connectivity index (χ1v) is 3.54. The Kier molecular flexibility index (Phi) is 5.28. The van der Waals surface area contributed by atoms with Crippen molar-refractivity contribution in [3.63, 3.8) is 0 Å². The zero-order chi connectivity index (χ0) is 7.68. The Morgan fingerprint density at radius 2 is 1.46 bits per heavy atom. The second kappa shape index (κ2) is 5.41. The minimum Gasteiger partial charge on any atom is -0.507 e. The minimum atomic E-state index is 0. The number of halogens is 1. The third-order valence-corrected chi connectivity index (χ3v) is 1.77. The predicted molar refractivity (Wildman–Crippen MR) is 52.9 cm³/mol. The molecule has 0 fully saturated rings. The fraction of sp³-hybridized carbons (Fsp3) is 0. The summed E-state index contributed by atoms with van der Waals surface area (Å²) in [5, 5.41) is 11.4. The van der Waals surface area contributed by atoms with Crippen LogP contribution in [0.4, 0.5) is 0 Å². The first-order valence-electron chi connectivity index (χ1n) is 3.54. The van der Waals surface area contributed by atoms with Gasteiger partial charge in [0.15, 0.2) is 0 Å². The SMILES string of the molecule is Cl.Oc1cccc2ccccc12.[Zr]. The van der Waals surface area contributed by atoms with Crippen LogP contribution in [0.2, 0.25) is 0 Å². The second-order valence-electron chi connectivity index (χ2n) is 2.50. The number of hydrogen-bond donors (Lipinski definition) is 1. The summed E-state index contributed by atoms with van der Waals surface area (Å²) >= 11 is 0. The molecular formula is C10H9ClOZr. The Morgan fingerprint density at radius 3 is 2.15 bits per heavy atom. The molecule has 0 spiro atoms. The van der Waals surface area contributed by atoms with Crippen molar-refractivity contribution in [3.05, 3.63) is 42.5 Å². The quantitative estimate of drug-likeness (QED) is 0.781. The molecule has 1 N–H and O–H groups in total. The molecule has 1 nitrogen and oxygen atoms in total. The zero-order valence-electron chi connectivity index (χ0n) is 6.90. The van der Waals surface area contributed by atoms with E-state index in [1.54, 1.807) is 6.07 Å². The van der Waals surface area contributed by atoms with E-state index < -0.39 is 0 Å². The van der Waals surface area contributed by atoms with Gasteiger partial charge in [0.2, 0.25) is 0 Å². The van der Waals surface area contributed by atoms with Gasteiger partial charge in [0.05, 0.1) is 0 Å². The van der Waals surface area contributed by atoms with Gasteiger partial charge in [-0.05, 0) is 11.5 Å². The maximum Gasteiger partial charge on any atom is 0.123 e.